The van der Waals surface area contributed by atoms with Crippen molar-refractivity contribution in [1.29, 1.82) is 0 Å². The second-order valence-electron chi connectivity index (χ2n) is 5.87. The van der Waals surface area contributed by atoms with Gasteiger partial charge in [0.1, 0.15) is 5.15 Å². The van der Waals surface area contributed by atoms with Gasteiger partial charge < -0.3 is 5.43 Å². The zero-order valence-corrected chi connectivity index (χ0v) is 13.5. The second kappa shape index (κ2) is 5.67. The standard InChI is InChI=1S/C19H16ClN3/c1-12-7-8-14-10-15(19(20)21-16(14)9-12)18-11-17(22-23-18)13-5-3-2-4-6-13/h2-10,18,23H,11H2,1H3/t18-/m0/s1. The molecular formula is C19H16ClN3. The predicted octanol–water partition coefficient (Wildman–Crippen LogP) is 4.64. The quantitative estimate of drug-likeness (QED) is 0.698. The molecule has 0 saturated carbocycles. The Morgan fingerprint density at radius 2 is 1.91 bits per heavy atom. The SMILES string of the molecule is Cc1ccc2cc([C@@H]3CC(c4ccccc4)=NN3)c(Cl)nc2c1. The first-order valence-electron chi connectivity index (χ1n) is 7.65. The minimum atomic E-state index is 0.0657. The van der Waals surface area contributed by atoms with Crippen LogP contribution in [0.25, 0.3) is 10.9 Å². The fourth-order valence-electron chi connectivity index (χ4n) is 2.95. The molecule has 0 aliphatic carbocycles. The molecule has 4 rings (SSSR count). The minimum absolute atomic E-state index is 0.0657. The summed E-state index contributed by atoms with van der Waals surface area (Å²) in [5.41, 5.74) is 8.51. The van der Waals surface area contributed by atoms with E-state index in [0.29, 0.717) is 5.15 Å². The van der Waals surface area contributed by atoms with Crippen LogP contribution in [0.5, 0.6) is 0 Å². The molecule has 0 saturated heterocycles. The average Bonchev–Trinajstić information content (AvgIpc) is 3.05. The Hall–Kier alpha value is -2.39. The van der Waals surface area contributed by atoms with E-state index in [1.54, 1.807) is 0 Å². The van der Waals surface area contributed by atoms with Gasteiger partial charge in [0.05, 0.1) is 17.3 Å². The van der Waals surface area contributed by atoms with Gasteiger partial charge in [-0.05, 0) is 30.2 Å². The average molecular weight is 322 g/mol. The first kappa shape index (κ1) is 14.2. The lowest BCUT2D eigenvalue weighted by Gasteiger charge is -2.13. The summed E-state index contributed by atoms with van der Waals surface area (Å²) in [5, 5.41) is 6.13. The summed E-state index contributed by atoms with van der Waals surface area (Å²) in [6.45, 7) is 2.06. The van der Waals surface area contributed by atoms with Crippen LogP contribution in [0.1, 0.15) is 29.2 Å². The lowest BCUT2D eigenvalue weighted by Crippen LogP contribution is -2.11. The molecule has 1 atom stereocenters. The molecule has 1 aliphatic rings. The zero-order chi connectivity index (χ0) is 15.8. The molecule has 0 unspecified atom stereocenters. The van der Waals surface area contributed by atoms with Crippen LogP contribution in [-0.4, -0.2) is 10.7 Å². The maximum atomic E-state index is 6.43. The molecule has 2 heterocycles. The van der Waals surface area contributed by atoms with E-state index in [2.05, 4.69) is 58.8 Å². The van der Waals surface area contributed by atoms with Crippen LogP contribution in [0.4, 0.5) is 0 Å². The molecule has 1 aromatic heterocycles. The van der Waals surface area contributed by atoms with Gasteiger partial charge >= 0.3 is 0 Å². The molecular weight excluding hydrogens is 306 g/mol. The van der Waals surface area contributed by atoms with Gasteiger partial charge in [0.15, 0.2) is 0 Å². The van der Waals surface area contributed by atoms with E-state index in [-0.39, 0.29) is 6.04 Å². The minimum Gasteiger partial charge on any atom is -0.302 e. The normalized spacial score (nSPS) is 17.1. The molecule has 0 fully saturated rings. The van der Waals surface area contributed by atoms with E-state index in [0.717, 1.165) is 34.2 Å². The molecule has 3 nitrogen and oxygen atoms in total. The highest BCUT2D eigenvalue weighted by Crippen LogP contribution is 2.31. The van der Waals surface area contributed by atoms with Crippen molar-refractivity contribution >= 4 is 28.2 Å². The predicted molar refractivity (Wildman–Crippen MR) is 95.0 cm³/mol. The Bertz CT molecular complexity index is 903. The van der Waals surface area contributed by atoms with E-state index < -0.39 is 0 Å². The second-order valence-corrected chi connectivity index (χ2v) is 6.23. The van der Waals surface area contributed by atoms with Crippen LogP contribution in [0.3, 0.4) is 0 Å². The molecule has 4 heteroatoms. The van der Waals surface area contributed by atoms with E-state index >= 15 is 0 Å². The van der Waals surface area contributed by atoms with Crippen molar-refractivity contribution in [3.63, 3.8) is 0 Å². The van der Waals surface area contributed by atoms with Crippen LogP contribution < -0.4 is 5.43 Å². The van der Waals surface area contributed by atoms with Crippen molar-refractivity contribution < 1.29 is 0 Å². The Kier molecular flexibility index (Phi) is 3.50. The highest BCUT2D eigenvalue weighted by Gasteiger charge is 2.24. The number of aryl methyl sites for hydroxylation is 1. The first-order chi connectivity index (χ1) is 11.2. The number of aromatic nitrogens is 1. The largest absolute Gasteiger partial charge is 0.302 e. The molecule has 1 aliphatic heterocycles. The van der Waals surface area contributed by atoms with Crippen LogP contribution in [0.2, 0.25) is 5.15 Å². The molecule has 114 valence electrons. The highest BCUT2D eigenvalue weighted by atomic mass is 35.5. The van der Waals surface area contributed by atoms with Gasteiger partial charge in [-0.3, -0.25) is 0 Å². The molecule has 0 radical (unpaired) electrons. The fraction of sp³-hybridized carbons (Fsp3) is 0.158. The Morgan fingerprint density at radius 1 is 1.09 bits per heavy atom. The van der Waals surface area contributed by atoms with Crippen molar-refractivity contribution in [2.45, 2.75) is 19.4 Å². The molecule has 2 aromatic carbocycles. The number of rotatable bonds is 2. The number of hydrogen-bond donors (Lipinski definition) is 1. The third-order valence-electron chi connectivity index (χ3n) is 4.19. The lowest BCUT2D eigenvalue weighted by atomic mass is 9.99. The summed E-state index contributed by atoms with van der Waals surface area (Å²) in [4.78, 5) is 4.55. The van der Waals surface area contributed by atoms with Crippen molar-refractivity contribution in [3.8, 4) is 0 Å². The van der Waals surface area contributed by atoms with Crippen LogP contribution in [0, 0.1) is 6.92 Å². The molecule has 0 amide bonds. The fourth-order valence-corrected chi connectivity index (χ4v) is 3.22. The monoisotopic (exact) mass is 321 g/mol. The van der Waals surface area contributed by atoms with Crippen molar-refractivity contribution in [2.24, 2.45) is 5.10 Å². The first-order valence-corrected chi connectivity index (χ1v) is 8.03. The van der Waals surface area contributed by atoms with Crippen LogP contribution in [-0.2, 0) is 0 Å². The topological polar surface area (TPSA) is 37.3 Å². The van der Waals surface area contributed by atoms with E-state index in [1.807, 2.05) is 18.2 Å². The third kappa shape index (κ3) is 2.68. The summed E-state index contributed by atoms with van der Waals surface area (Å²) in [5.74, 6) is 0. The summed E-state index contributed by atoms with van der Waals surface area (Å²) >= 11 is 6.43. The van der Waals surface area contributed by atoms with Gasteiger partial charge in [0.2, 0.25) is 0 Å². The number of hydrazone groups is 1. The lowest BCUT2D eigenvalue weighted by molar-refractivity contribution is 0.619. The number of benzene rings is 2. The summed E-state index contributed by atoms with van der Waals surface area (Å²) in [6.07, 6.45) is 0.808. The van der Waals surface area contributed by atoms with E-state index in [1.165, 1.54) is 5.56 Å². The summed E-state index contributed by atoms with van der Waals surface area (Å²) in [6, 6.07) is 18.6. The number of pyridine rings is 1. The Balaban J connectivity index is 1.66. The number of fused-ring (bicyclic) bond motifs is 1. The molecule has 23 heavy (non-hydrogen) atoms. The summed E-state index contributed by atoms with van der Waals surface area (Å²) < 4.78 is 0. The third-order valence-corrected chi connectivity index (χ3v) is 4.49. The van der Waals surface area contributed by atoms with Crippen molar-refractivity contribution in [2.75, 3.05) is 0 Å². The van der Waals surface area contributed by atoms with E-state index in [9.17, 15) is 0 Å². The number of nitrogens with one attached hydrogen (secondary N) is 1. The molecule has 3 aromatic rings. The molecule has 0 bridgehead atoms. The van der Waals surface area contributed by atoms with E-state index in [4.69, 9.17) is 11.6 Å². The van der Waals surface area contributed by atoms with Crippen LogP contribution in [0.15, 0.2) is 59.7 Å². The number of nitrogens with zero attached hydrogens (tertiary/aromatic N) is 2. The highest BCUT2D eigenvalue weighted by molar-refractivity contribution is 6.30. The molecule has 1 N–H and O–H groups in total. The Morgan fingerprint density at radius 3 is 2.74 bits per heavy atom. The smallest absolute Gasteiger partial charge is 0.135 e. The van der Waals surface area contributed by atoms with Gasteiger partial charge in [-0.2, -0.15) is 5.10 Å². The Labute approximate surface area is 140 Å². The maximum Gasteiger partial charge on any atom is 0.135 e. The van der Waals surface area contributed by atoms with Crippen molar-refractivity contribution in [3.05, 3.63) is 76.4 Å². The number of hydrogen-bond acceptors (Lipinski definition) is 3. The van der Waals surface area contributed by atoms with Crippen molar-refractivity contribution in [1.82, 2.24) is 10.4 Å². The van der Waals surface area contributed by atoms with Gasteiger partial charge in [0, 0.05) is 17.4 Å². The maximum absolute atomic E-state index is 6.43. The zero-order valence-electron chi connectivity index (χ0n) is 12.8. The summed E-state index contributed by atoms with van der Waals surface area (Å²) in [7, 11) is 0. The van der Waals surface area contributed by atoms with Gasteiger partial charge in [0.25, 0.3) is 0 Å². The van der Waals surface area contributed by atoms with Gasteiger partial charge in [-0.15, -0.1) is 0 Å². The number of halogens is 1. The van der Waals surface area contributed by atoms with Crippen LogP contribution >= 0.6 is 11.6 Å². The van der Waals surface area contributed by atoms with Gasteiger partial charge in [-0.25, -0.2) is 4.98 Å². The van der Waals surface area contributed by atoms with Gasteiger partial charge in [-0.1, -0.05) is 54.1 Å². The molecule has 0 spiro atoms.